The molecule has 0 spiro atoms. The molecule has 3 heterocycles. The van der Waals surface area contributed by atoms with Gasteiger partial charge in [0.05, 0.1) is 17.3 Å². The van der Waals surface area contributed by atoms with E-state index in [0.29, 0.717) is 22.6 Å². The van der Waals surface area contributed by atoms with Crippen molar-refractivity contribution in [3.63, 3.8) is 0 Å². The number of hydrogen-bond donors (Lipinski definition) is 1. The third-order valence-corrected chi connectivity index (χ3v) is 4.57. The Morgan fingerprint density at radius 3 is 2.57 bits per heavy atom. The highest BCUT2D eigenvalue weighted by atomic mass is 19.4. The second-order valence-corrected chi connectivity index (χ2v) is 6.33. The molecule has 0 aliphatic rings. The van der Waals surface area contributed by atoms with Crippen LogP contribution in [0.15, 0.2) is 67.0 Å². The molecule has 0 saturated heterocycles. The predicted octanol–water partition coefficient (Wildman–Crippen LogP) is 4.98. The number of fused-ring (bicyclic) bond motifs is 2. The van der Waals surface area contributed by atoms with E-state index in [-0.39, 0.29) is 0 Å². The van der Waals surface area contributed by atoms with E-state index in [1.165, 1.54) is 12.1 Å². The lowest BCUT2D eigenvalue weighted by molar-refractivity contribution is -0.137. The highest BCUT2D eigenvalue weighted by molar-refractivity contribution is 5.84. The van der Waals surface area contributed by atoms with Crippen LogP contribution in [-0.2, 0) is 6.18 Å². The SMILES string of the molecule is FC(F)(F)c1ccc(-c2nc3cccnc3n2-c2ccc3[nH]ncc3c2)cc1. The molecule has 0 amide bonds. The number of benzene rings is 2. The first-order valence-electron chi connectivity index (χ1n) is 8.45. The molecule has 0 saturated carbocycles. The molecule has 5 nitrogen and oxygen atoms in total. The summed E-state index contributed by atoms with van der Waals surface area (Å²) in [5, 5.41) is 7.84. The number of H-pyrrole nitrogens is 1. The Balaban J connectivity index is 1.74. The van der Waals surface area contributed by atoms with Gasteiger partial charge in [-0.15, -0.1) is 0 Å². The van der Waals surface area contributed by atoms with Crippen LogP contribution in [0.4, 0.5) is 13.2 Å². The summed E-state index contributed by atoms with van der Waals surface area (Å²) in [6.07, 6.45) is -1.01. The number of nitrogens with one attached hydrogen (secondary N) is 1. The van der Waals surface area contributed by atoms with Gasteiger partial charge in [0.1, 0.15) is 11.3 Å². The zero-order valence-corrected chi connectivity index (χ0v) is 14.3. The molecule has 138 valence electrons. The number of imidazole rings is 1. The molecule has 2 aromatic carbocycles. The first kappa shape index (κ1) is 16.5. The van der Waals surface area contributed by atoms with E-state index in [2.05, 4.69) is 20.2 Å². The van der Waals surface area contributed by atoms with Crippen LogP contribution in [-0.4, -0.2) is 24.7 Å². The molecular formula is C20H12F3N5. The number of halogens is 3. The molecule has 0 unspecified atom stereocenters. The maximum atomic E-state index is 12.9. The highest BCUT2D eigenvalue weighted by Gasteiger charge is 2.30. The summed E-state index contributed by atoms with van der Waals surface area (Å²) in [4.78, 5) is 9.04. The van der Waals surface area contributed by atoms with Gasteiger partial charge in [0.2, 0.25) is 0 Å². The van der Waals surface area contributed by atoms with Gasteiger partial charge in [-0.3, -0.25) is 9.67 Å². The van der Waals surface area contributed by atoms with E-state index < -0.39 is 11.7 Å². The van der Waals surface area contributed by atoms with Crippen molar-refractivity contribution < 1.29 is 13.2 Å². The maximum Gasteiger partial charge on any atom is 0.416 e. The van der Waals surface area contributed by atoms with Crippen molar-refractivity contribution in [3.8, 4) is 17.1 Å². The summed E-state index contributed by atoms with van der Waals surface area (Å²) in [6.45, 7) is 0. The number of pyridine rings is 1. The van der Waals surface area contributed by atoms with Gasteiger partial charge in [-0.1, -0.05) is 12.1 Å². The summed E-state index contributed by atoms with van der Waals surface area (Å²) < 4.78 is 40.6. The number of rotatable bonds is 2. The molecule has 0 radical (unpaired) electrons. The Hall–Kier alpha value is -3.68. The standard InChI is InChI=1S/C20H12F3N5/c21-20(22,23)14-5-3-12(4-6-14)18-26-17-2-1-9-24-19(17)28(18)15-7-8-16-13(10-15)11-25-27-16/h1-11H,(H,25,27). The van der Waals surface area contributed by atoms with Crippen LogP contribution >= 0.6 is 0 Å². The zero-order valence-electron chi connectivity index (χ0n) is 14.3. The summed E-state index contributed by atoms with van der Waals surface area (Å²) in [7, 11) is 0. The van der Waals surface area contributed by atoms with Gasteiger partial charge in [-0.2, -0.15) is 18.3 Å². The minimum Gasteiger partial charge on any atom is -0.278 e. The predicted molar refractivity (Wildman–Crippen MR) is 99.0 cm³/mol. The van der Waals surface area contributed by atoms with Crippen molar-refractivity contribution in [1.29, 1.82) is 0 Å². The molecule has 0 aliphatic carbocycles. The van der Waals surface area contributed by atoms with Crippen LogP contribution in [0, 0.1) is 0 Å². The lowest BCUT2D eigenvalue weighted by Crippen LogP contribution is -2.04. The van der Waals surface area contributed by atoms with Gasteiger partial charge in [0, 0.05) is 22.8 Å². The highest BCUT2D eigenvalue weighted by Crippen LogP contribution is 2.33. The average Bonchev–Trinajstić information content (AvgIpc) is 3.31. The van der Waals surface area contributed by atoms with Gasteiger partial charge >= 0.3 is 6.18 Å². The third-order valence-electron chi connectivity index (χ3n) is 4.57. The molecule has 28 heavy (non-hydrogen) atoms. The Kier molecular flexibility index (Phi) is 3.48. The maximum absolute atomic E-state index is 12.9. The van der Waals surface area contributed by atoms with Crippen molar-refractivity contribution in [2.45, 2.75) is 6.18 Å². The van der Waals surface area contributed by atoms with Crippen LogP contribution in [0.3, 0.4) is 0 Å². The summed E-state index contributed by atoms with van der Waals surface area (Å²) in [5.41, 5.74) is 2.84. The van der Waals surface area contributed by atoms with Crippen molar-refractivity contribution >= 4 is 22.1 Å². The monoisotopic (exact) mass is 379 g/mol. The minimum absolute atomic E-state index is 0.519. The van der Waals surface area contributed by atoms with E-state index in [9.17, 15) is 13.2 Å². The molecular weight excluding hydrogens is 367 g/mol. The fourth-order valence-corrected chi connectivity index (χ4v) is 3.23. The Labute approximate surface area is 156 Å². The quantitative estimate of drug-likeness (QED) is 0.470. The molecule has 1 N–H and O–H groups in total. The number of hydrogen-bond acceptors (Lipinski definition) is 3. The van der Waals surface area contributed by atoms with Gasteiger partial charge < -0.3 is 0 Å². The van der Waals surface area contributed by atoms with Gasteiger partial charge in [-0.25, -0.2) is 9.97 Å². The molecule has 5 aromatic rings. The van der Waals surface area contributed by atoms with Gasteiger partial charge in [0.25, 0.3) is 0 Å². The van der Waals surface area contributed by atoms with Crippen molar-refractivity contribution in [1.82, 2.24) is 24.7 Å². The summed E-state index contributed by atoms with van der Waals surface area (Å²) in [5.74, 6) is 0.519. The first-order chi connectivity index (χ1) is 13.5. The number of nitrogens with zero attached hydrogens (tertiary/aromatic N) is 4. The van der Waals surface area contributed by atoms with E-state index in [1.807, 2.05) is 28.8 Å². The smallest absolute Gasteiger partial charge is 0.278 e. The van der Waals surface area contributed by atoms with E-state index in [0.717, 1.165) is 28.7 Å². The second kappa shape index (κ2) is 5.91. The normalized spacial score (nSPS) is 12.1. The minimum atomic E-state index is -4.38. The fourth-order valence-electron chi connectivity index (χ4n) is 3.23. The van der Waals surface area contributed by atoms with E-state index >= 15 is 0 Å². The van der Waals surface area contributed by atoms with Crippen LogP contribution in [0.2, 0.25) is 0 Å². The number of aromatic nitrogens is 5. The van der Waals surface area contributed by atoms with Gasteiger partial charge in [0.15, 0.2) is 5.65 Å². The lowest BCUT2D eigenvalue weighted by Gasteiger charge is -2.11. The Morgan fingerprint density at radius 1 is 0.964 bits per heavy atom. The van der Waals surface area contributed by atoms with E-state index in [1.54, 1.807) is 18.5 Å². The molecule has 3 aromatic heterocycles. The number of alkyl halides is 3. The van der Waals surface area contributed by atoms with Crippen LogP contribution in [0.5, 0.6) is 0 Å². The zero-order chi connectivity index (χ0) is 19.3. The van der Waals surface area contributed by atoms with Crippen molar-refractivity contribution in [2.24, 2.45) is 0 Å². The van der Waals surface area contributed by atoms with Crippen LogP contribution in [0.1, 0.15) is 5.56 Å². The average molecular weight is 379 g/mol. The molecule has 8 heteroatoms. The van der Waals surface area contributed by atoms with Gasteiger partial charge in [-0.05, 0) is 42.5 Å². The Morgan fingerprint density at radius 2 is 1.79 bits per heavy atom. The van der Waals surface area contributed by atoms with Crippen LogP contribution < -0.4 is 0 Å². The molecule has 0 fully saturated rings. The molecule has 5 rings (SSSR count). The largest absolute Gasteiger partial charge is 0.416 e. The molecule has 0 atom stereocenters. The molecule has 0 bridgehead atoms. The second-order valence-electron chi connectivity index (χ2n) is 6.33. The fraction of sp³-hybridized carbons (Fsp3) is 0.0500. The molecule has 0 aliphatic heterocycles. The first-order valence-corrected chi connectivity index (χ1v) is 8.45. The summed E-state index contributed by atoms with van der Waals surface area (Å²) >= 11 is 0. The van der Waals surface area contributed by atoms with Crippen molar-refractivity contribution in [3.05, 3.63) is 72.6 Å². The number of aromatic amines is 1. The van der Waals surface area contributed by atoms with Crippen molar-refractivity contribution in [2.75, 3.05) is 0 Å². The third kappa shape index (κ3) is 2.61. The van der Waals surface area contributed by atoms with E-state index in [4.69, 9.17) is 0 Å². The Bertz CT molecular complexity index is 1300. The topological polar surface area (TPSA) is 59.4 Å². The lowest BCUT2D eigenvalue weighted by atomic mass is 10.1. The van der Waals surface area contributed by atoms with Crippen LogP contribution in [0.25, 0.3) is 39.1 Å². The summed E-state index contributed by atoms with van der Waals surface area (Å²) in [6, 6.07) is 14.3.